The summed E-state index contributed by atoms with van der Waals surface area (Å²) in [6.45, 7) is 8.07. The Hall–Kier alpha value is -2.01. The molecule has 0 bridgehead atoms. The predicted octanol–water partition coefficient (Wildman–Crippen LogP) is 5.29. The van der Waals surface area contributed by atoms with E-state index in [0.29, 0.717) is 15.9 Å². The number of nitrogens with one attached hydrogen (secondary N) is 1. The van der Waals surface area contributed by atoms with E-state index in [9.17, 15) is 15.0 Å². The van der Waals surface area contributed by atoms with E-state index in [0.717, 1.165) is 16.7 Å². The SMILES string of the molecule is CC(C)c1cc(CC(=O)Nc2cccc(Br)c2O)cc(C(C)C)c1O. The molecule has 25 heavy (non-hydrogen) atoms. The molecule has 134 valence electrons. The third-order valence-electron chi connectivity index (χ3n) is 4.10. The minimum absolute atomic E-state index is 0.00675. The minimum Gasteiger partial charge on any atom is -0.507 e. The van der Waals surface area contributed by atoms with Gasteiger partial charge in [0.05, 0.1) is 16.6 Å². The molecule has 2 rings (SSSR count). The van der Waals surface area contributed by atoms with Crippen LogP contribution in [0.4, 0.5) is 5.69 Å². The van der Waals surface area contributed by atoms with Crippen molar-refractivity contribution in [3.63, 3.8) is 0 Å². The van der Waals surface area contributed by atoms with Crippen molar-refractivity contribution in [2.45, 2.75) is 46.0 Å². The second-order valence-corrected chi connectivity index (χ2v) is 7.65. The van der Waals surface area contributed by atoms with Gasteiger partial charge in [0, 0.05) is 0 Å². The van der Waals surface area contributed by atoms with Crippen LogP contribution in [0.5, 0.6) is 11.5 Å². The number of phenolic OH excluding ortho intramolecular Hbond substituents is 2. The van der Waals surface area contributed by atoms with Gasteiger partial charge in [-0.3, -0.25) is 4.79 Å². The molecule has 1 amide bonds. The molecule has 0 fully saturated rings. The quantitative estimate of drug-likeness (QED) is 0.591. The van der Waals surface area contributed by atoms with Crippen molar-refractivity contribution in [2.24, 2.45) is 0 Å². The largest absolute Gasteiger partial charge is 0.507 e. The Morgan fingerprint density at radius 3 is 2.12 bits per heavy atom. The molecular weight excluding hydrogens is 382 g/mol. The highest BCUT2D eigenvalue weighted by molar-refractivity contribution is 9.10. The van der Waals surface area contributed by atoms with E-state index in [2.05, 4.69) is 21.2 Å². The van der Waals surface area contributed by atoms with Gasteiger partial charge in [0.15, 0.2) is 5.75 Å². The summed E-state index contributed by atoms with van der Waals surface area (Å²) >= 11 is 3.23. The first-order valence-electron chi connectivity index (χ1n) is 8.33. The highest BCUT2D eigenvalue weighted by Crippen LogP contribution is 2.35. The summed E-state index contributed by atoms with van der Waals surface area (Å²) < 4.78 is 0.527. The van der Waals surface area contributed by atoms with Gasteiger partial charge in [-0.25, -0.2) is 0 Å². The number of rotatable bonds is 5. The zero-order valence-electron chi connectivity index (χ0n) is 14.9. The number of phenols is 2. The number of benzene rings is 2. The Labute approximate surface area is 157 Å². The molecule has 0 unspecified atom stereocenters. The van der Waals surface area contributed by atoms with Gasteiger partial charge in [0.2, 0.25) is 5.91 Å². The zero-order valence-corrected chi connectivity index (χ0v) is 16.5. The Kier molecular flexibility index (Phi) is 6.11. The molecule has 0 radical (unpaired) electrons. The van der Waals surface area contributed by atoms with Crippen LogP contribution in [0.25, 0.3) is 0 Å². The van der Waals surface area contributed by atoms with E-state index < -0.39 is 0 Å². The fourth-order valence-corrected chi connectivity index (χ4v) is 3.09. The number of para-hydroxylation sites is 1. The van der Waals surface area contributed by atoms with Crippen LogP contribution in [-0.4, -0.2) is 16.1 Å². The lowest BCUT2D eigenvalue weighted by molar-refractivity contribution is -0.115. The first-order chi connectivity index (χ1) is 11.7. The van der Waals surface area contributed by atoms with Gasteiger partial charge in [-0.1, -0.05) is 45.9 Å². The molecule has 0 aliphatic carbocycles. The number of carbonyl (C=O) groups is 1. The molecule has 2 aromatic rings. The van der Waals surface area contributed by atoms with E-state index >= 15 is 0 Å². The molecule has 0 atom stereocenters. The molecule has 0 aliphatic rings. The molecule has 0 spiro atoms. The molecule has 0 aromatic heterocycles. The van der Waals surface area contributed by atoms with Crippen LogP contribution in [0.2, 0.25) is 0 Å². The summed E-state index contributed by atoms with van der Waals surface area (Å²) in [5, 5.41) is 23.2. The van der Waals surface area contributed by atoms with Crippen LogP contribution in [0.3, 0.4) is 0 Å². The van der Waals surface area contributed by atoms with Crippen molar-refractivity contribution in [3.8, 4) is 11.5 Å². The fraction of sp³-hybridized carbons (Fsp3) is 0.350. The predicted molar refractivity (Wildman–Crippen MR) is 104 cm³/mol. The number of halogens is 1. The van der Waals surface area contributed by atoms with Crippen LogP contribution in [0.1, 0.15) is 56.2 Å². The molecule has 4 nitrogen and oxygen atoms in total. The maximum atomic E-state index is 12.4. The number of anilines is 1. The van der Waals surface area contributed by atoms with Crippen molar-refractivity contribution in [3.05, 3.63) is 51.5 Å². The molecule has 0 saturated carbocycles. The van der Waals surface area contributed by atoms with Gasteiger partial charge in [0.1, 0.15) is 5.75 Å². The number of hydrogen-bond acceptors (Lipinski definition) is 3. The van der Waals surface area contributed by atoms with Gasteiger partial charge < -0.3 is 15.5 Å². The maximum Gasteiger partial charge on any atom is 0.228 e. The summed E-state index contributed by atoms with van der Waals surface area (Å²) in [6.07, 6.45) is 0.172. The van der Waals surface area contributed by atoms with Crippen LogP contribution in [-0.2, 0) is 11.2 Å². The molecule has 2 aromatic carbocycles. The summed E-state index contributed by atoms with van der Waals surface area (Å²) in [6, 6.07) is 8.86. The standard InChI is InChI=1S/C20H24BrNO3/c1-11(2)14-8-13(9-15(12(3)4)19(14)24)10-18(23)22-17-7-5-6-16(21)20(17)25/h5-9,11-12,24-25H,10H2,1-4H3,(H,22,23). The zero-order chi connectivity index (χ0) is 18.7. The smallest absolute Gasteiger partial charge is 0.228 e. The molecule has 3 N–H and O–H groups in total. The monoisotopic (exact) mass is 405 g/mol. The average molecular weight is 406 g/mol. The second kappa shape index (κ2) is 7.91. The first kappa shape index (κ1) is 19.3. The Morgan fingerprint density at radius 2 is 1.60 bits per heavy atom. The van der Waals surface area contributed by atoms with Crippen molar-refractivity contribution in [2.75, 3.05) is 5.32 Å². The summed E-state index contributed by atoms with van der Waals surface area (Å²) in [4.78, 5) is 12.4. The second-order valence-electron chi connectivity index (χ2n) is 6.79. The van der Waals surface area contributed by atoms with Crippen molar-refractivity contribution in [1.29, 1.82) is 0 Å². The Bertz CT molecular complexity index is 756. The van der Waals surface area contributed by atoms with E-state index in [1.54, 1.807) is 18.2 Å². The van der Waals surface area contributed by atoms with E-state index in [1.165, 1.54) is 0 Å². The van der Waals surface area contributed by atoms with Crippen molar-refractivity contribution >= 4 is 27.5 Å². The third kappa shape index (κ3) is 4.54. The Balaban J connectivity index is 2.27. The highest BCUT2D eigenvalue weighted by Gasteiger charge is 2.17. The summed E-state index contributed by atoms with van der Waals surface area (Å²) in [5.74, 6) is 0.429. The maximum absolute atomic E-state index is 12.4. The van der Waals surface area contributed by atoms with Gasteiger partial charge in [-0.15, -0.1) is 0 Å². The fourth-order valence-electron chi connectivity index (χ4n) is 2.72. The number of carbonyl (C=O) groups excluding carboxylic acids is 1. The topological polar surface area (TPSA) is 69.6 Å². The molecule has 0 aliphatic heterocycles. The summed E-state index contributed by atoms with van der Waals surface area (Å²) in [7, 11) is 0. The van der Waals surface area contributed by atoms with Crippen LogP contribution < -0.4 is 5.32 Å². The van der Waals surface area contributed by atoms with Gasteiger partial charge in [0.25, 0.3) is 0 Å². The lowest BCUT2D eigenvalue weighted by atomic mass is 9.90. The molecular formula is C20H24BrNO3. The molecule has 0 heterocycles. The Morgan fingerprint density at radius 1 is 1.04 bits per heavy atom. The van der Waals surface area contributed by atoms with Crippen LogP contribution >= 0.6 is 15.9 Å². The normalized spacial score (nSPS) is 11.2. The van der Waals surface area contributed by atoms with Crippen LogP contribution in [0, 0.1) is 0 Å². The van der Waals surface area contributed by atoms with Crippen LogP contribution in [0.15, 0.2) is 34.8 Å². The number of hydrogen-bond donors (Lipinski definition) is 3. The van der Waals surface area contributed by atoms with Crippen molar-refractivity contribution in [1.82, 2.24) is 0 Å². The summed E-state index contributed by atoms with van der Waals surface area (Å²) in [5.41, 5.74) is 2.90. The lowest BCUT2D eigenvalue weighted by Crippen LogP contribution is -2.15. The highest BCUT2D eigenvalue weighted by atomic mass is 79.9. The van der Waals surface area contributed by atoms with Gasteiger partial charge >= 0.3 is 0 Å². The third-order valence-corrected chi connectivity index (χ3v) is 4.74. The van der Waals surface area contributed by atoms with E-state index in [-0.39, 0.29) is 29.9 Å². The number of aromatic hydroxyl groups is 2. The van der Waals surface area contributed by atoms with Crippen molar-refractivity contribution < 1.29 is 15.0 Å². The minimum atomic E-state index is -0.219. The van der Waals surface area contributed by atoms with E-state index in [4.69, 9.17) is 0 Å². The van der Waals surface area contributed by atoms with Gasteiger partial charge in [-0.2, -0.15) is 0 Å². The molecule has 0 saturated heterocycles. The first-order valence-corrected chi connectivity index (χ1v) is 9.13. The van der Waals surface area contributed by atoms with E-state index in [1.807, 2.05) is 39.8 Å². The molecule has 5 heteroatoms. The average Bonchev–Trinajstić information content (AvgIpc) is 2.52. The lowest BCUT2D eigenvalue weighted by Gasteiger charge is -2.17. The number of amides is 1. The van der Waals surface area contributed by atoms with Gasteiger partial charge in [-0.05, 0) is 56.6 Å².